The van der Waals surface area contributed by atoms with Crippen LogP contribution in [0.25, 0.3) is 11.3 Å². The Morgan fingerprint density at radius 3 is 2.84 bits per heavy atom. The molecule has 32 heavy (non-hydrogen) atoms. The number of para-hydroxylation sites is 1. The molecule has 0 saturated carbocycles. The quantitative estimate of drug-likeness (QED) is 0.444. The first-order chi connectivity index (χ1) is 15.7. The van der Waals surface area contributed by atoms with Gasteiger partial charge in [0, 0.05) is 30.9 Å². The summed E-state index contributed by atoms with van der Waals surface area (Å²) in [6.07, 6.45) is 8.89. The van der Waals surface area contributed by atoms with Crippen LogP contribution in [0.2, 0.25) is 0 Å². The van der Waals surface area contributed by atoms with Crippen molar-refractivity contribution >= 4 is 11.6 Å². The van der Waals surface area contributed by atoms with E-state index >= 15 is 0 Å². The summed E-state index contributed by atoms with van der Waals surface area (Å²) in [7, 11) is 0. The Labute approximate surface area is 188 Å². The van der Waals surface area contributed by atoms with Crippen LogP contribution in [0.1, 0.15) is 49.6 Å². The summed E-state index contributed by atoms with van der Waals surface area (Å²) in [6, 6.07) is 10.2. The highest BCUT2D eigenvalue weighted by molar-refractivity contribution is 5.53. The monoisotopic (exact) mass is 430 g/mol. The van der Waals surface area contributed by atoms with Gasteiger partial charge in [0.15, 0.2) is 5.65 Å². The minimum Gasteiger partial charge on any atom is -0.350 e. The van der Waals surface area contributed by atoms with Crippen molar-refractivity contribution in [2.45, 2.75) is 45.6 Å². The minimum absolute atomic E-state index is 0.350. The van der Waals surface area contributed by atoms with Crippen molar-refractivity contribution in [3.8, 4) is 5.69 Å². The summed E-state index contributed by atoms with van der Waals surface area (Å²) in [6.45, 7) is 7.19. The maximum absolute atomic E-state index is 4.91. The zero-order chi connectivity index (χ0) is 21.9. The predicted octanol–water partition coefficient (Wildman–Crippen LogP) is 3.59. The van der Waals surface area contributed by atoms with Crippen molar-refractivity contribution in [2.24, 2.45) is 5.92 Å². The van der Waals surface area contributed by atoms with Gasteiger partial charge in [-0.15, -0.1) is 0 Å². The fourth-order valence-corrected chi connectivity index (χ4v) is 4.34. The van der Waals surface area contributed by atoms with Crippen LogP contribution in [0.4, 0.5) is 5.95 Å². The predicted molar refractivity (Wildman–Crippen MR) is 125 cm³/mol. The van der Waals surface area contributed by atoms with E-state index in [9.17, 15) is 0 Å². The number of nitrogens with zero attached hydrogens (tertiary/aromatic N) is 6. The van der Waals surface area contributed by atoms with Gasteiger partial charge in [0.1, 0.15) is 5.82 Å². The summed E-state index contributed by atoms with van der Waals surface area (Å²) in [5, 5.41) is 16.0. The van der Waals surface area contributed by atoms with Crippen LogP contribution in [0.15, 0.2) is 48.9 Å². The topological polar surface area (TPSA) is 85.0 Å². The number of aryl methyl sites for hydroxylation is 1. The van der Waals surface area contributed by atoms with Crippen LogP contribution in [-0.4, -0.2) is 42.5 Å². The molecule has 1 fully saturated rings. The molecular formula is C24H30N8. The molecule has 1 atom stereocenters. The fourth-order valence-electron chi connectivity index (χ4n) is 4.34. The first kappa shape index (κ1) is 20.6. The number of hydrogen-bond acceptors (Lipinski definition) is 6. The van der Waals surface area contributed by atoms with E-state index in [-0.39, 0.29) is 0 Å². The van der Waals surface area contributed by atoms with Gasteiger partial charge in [-0.2, -0.15) is 19.7 Å². The summed E-state index contributed by atoms with van der Waals surface area (Å²) in [5.74, 6) is 2.68. The first-order valence-electron chi connectivity index (χ1n) is 11.5. The molecule has 4 aromatic rings. The van der Waals surface area contributed by atoms with Gasteiger partial charge in [0.25, 0.3) is 0 Å². The lowest BCUT2D eigenvalue weighted by Crippen LogP contribution is -2.14. The molecule has 8 nitrogen and oxygen atoms in total. The zero-order valence-electron chi connectivity index (χ0n) is 18.7. The maximum atomic E-state index is 4.91. The first-order valence-corrected chi connectivity index (χ1v) is 11.5. The maximum Gasteiger partial charge on any atom is 0.227 e. The average Bonchev–Trinajstić information content (AvgIpc) is 3.58. The van der Waals surface area contributed by atoms with E-state index < -0.39 is 0 Å². The van der Waals surface area contributed by atoms with E-state index in [0.29, 0.717) is 18.4 Å². The molecule has 1 aliphatic rings. The second-order valence-electron chi connectivity index (χ2n) is 8.78. The molecule has 0 bridgehead atoms. The molecule has 0 radical (unpaired) electrons. The van der Waals surface area contributed by atoms with Crippen LogP contribution < -0.4 is 10.6 Å². The molecule has 4 heterocycles. The lowest BCUT2D eigenvalue weighted by Gasteiger charge is -2.14. The lowest BCUT2D eigenvalue weighted by atomic mass is 10.0. The van der Waals surface area contributed by atoms with Gasteiger partial charge in [-0.25, -0.2) is 9.67 Å². The molecule has 8 heteroatoms. The third-order valence-electron chi connectivity index (χ3n) is 6.18. The Morgan fingerprint density at radius 2 is 2.06 bits per heavy atom. The van der Waals surface area contributed by atoms with Crippen molar-refractivity contribution in [1.82, 2.24) is 34.7 Å². The molecule has 0 aliphatic carbocycles. The highest BCUT2D eigenvalue weighted by Crippen LogP contribution is 2.23. The van der Waals surface area contributed by atoms with Gasteiger partial charge in [0.2, 0.25) is 5.95 Å². The summed E-state index contributed by atoms with van der Waals surface area (Å²) in [4.78, 5) is 9.78. The second-order valence-corrected chi connectivity index (χ2v) is 8.78. The summed E-state index contributed by atoms with van der Waals surface area (Å²) in [5.41, 5.74) is 4.24. The van der Waals surface area contributed by atoms with Gasteiger partial charge < -0.3 is 10.6 Å². The minimum atomic E-state index is 0.350. The fraction of sp³-hybridized carbons (Fsp3) is 0.417. The third-order valence-corrected chi connectivity index (χ3v) is 6.18. The standard InChI is InChI=1S/C24H30N8/c1-17(2)20-16-28-32-23(20)29-22(9-8-18-10-12-25-14-18)30-24(32)26-15-19-6-3-4-7-21(19)31-13-5-11-27-31/h3-7,11,13,16-18,25H,8-10,12,14-15H2,1-2H3,(H,26,29,30). The van der Waals surface area contributed by atoms with Gasteiger partial charge in [-0.1, -0.05) is 32.0 Å². The Morgan fingerprint density at radius 1 is 1.16 bits per heavy atom. The van der Waals surface area contributed by atoms with E-state index in [1.807, 2.05) is 39.8 Å². The molecular weight excluding hydrogens is 400 g/mol. The van der Waals surface area contributed by atoms with Crippen LogP contribution in [0.3, 0.4) is 0 Å². The van der Waals surface area contributed by atoms with E-state index in [4.69, 9.17) is 9.97 Å². The van der Waals surface area contributed by atoms with Crippen LogP contribution in [-0.2, 0) is 13.0 Å². The number of nitrogens with one attached hydrogen (secondary N) is 2. The van der Waals surface area contributed by atoms with Crippen LogP contribution >= 0.6 is 0 Å². The molecule has 0 spiro atoms. The molecule has 1 aromatic carbocycles. The Bertz CT molecular complexity index is 1170. The van der Waals surface area contributed by atoms with Crippen molar-refractivity contribution in [3.63, 3.8) is 0 Å². The SMILES string of the molecule is CC(C)c1cnn2c(NCc3ccccc3-n3cccn3)nc(CCC3CCNC3)nc12. The van der Waals surface area contributed by atoms with Crippen LogP contribution in [0.5, 0.6) is 0 Å². The number of anilines is 1. The molecule has 3 aromatic heterocycles. The lowest BCUT2D eigenvalue weighted by molar-refractivity contribution is 0.524. The van der Waals surface area contributed by atoms with E-state index in [0.717, 1.165) is 60.2 Å². The Balaban J connectivity index is 1.44. The number of rotatable bonds is 8. The van der Waals surface area contributed by atoms with Crippen molar-refractivity contribution in [1.29, 1.82) is 0 Å². The van der Waals surface area contributed by atoms with Gasteiger partial charge in [0.05, 0.1) is 11.9 Å². The summed E-state index contributed by atoms with van der Waals surface area (Å²) >= 11 is 0. The van der Waals surface area contributed by atoms with Gasteiger partial charge >= 0.3 is 0 Å². The smallest absolute Gasteiger partial charge is 0.227 e. The molecule has 1 unspecified atom stereocenters. The van der Waals surface area contributed by atoms with Crippen molar-refractivity contribution < 1.29 is 0 Å². The second kappa shape index (κ2) is 9.08. The molecule has 1 saturated heterocycles. The Hall–Kier alpha value is -3.26. The van der Waals surface area contributed by atoms with E-state index in [1.54, 1.807) is 6.20 Å². The van der Waals surface area contributed by atoms with Crippen molar-refractivity contribution in [3.05, 3.63) is 65.9 Å². The number of hydrogen-bond donors (Lipinski definition) is 2. The van der Waals surface area contributed by atoms with Gasteiger partial charge in [-0.3, -0.25) is 0 Å². The molecule has 166 valence electrons. The molecule has 2 N–H and O–H groups in total. The molecule has 0 amide bonds. The van der Waals surface area contributed by atoms with E-state index in [1.165, 1.54) is 6.42 Å². The molecule has 5 rings (SSSR count). The third kappa shape index (κ3) is 4.23. The normalized spacial score (nSPS) is 16.3. The largest absolute Gasteiger partial charge is 0.350 e. The Kier molecular flexibility index (Phi) is 5.85. The number of benzene rings is 1. The van der Waals surface area contributed by atoms with Crippen molar-refractivity contribution in [2.75, 3.05) is 18.4 Å². The van der Waals surface area contributed by atoms with E-state index in [2.05, 4.69) is 46.8 Å². The van der Waals surface area contributed by atoms with Gasteiger partial charge in [-0.05, 0) is 55.5 Å². The highest BCUT2D eigenvalue weighted by Gasteiger charge is 2.18. The zero-order valence-corrected chi connectivity index (χ0v) is 18.7. The molecule has 1 aliphatic heterocycles. The highest BCUT2D eigenvalue weighted by atomic mass is 15.3. The number of aromatic nitrogens is 6. The number of fused-ring (bicyclic) bond motifs is 1. The van der Waals surface area contributed by atoms with Crippen LogP contribution in [0, 0.1) is 5.92 Å². The summed E-state index contributed by atoms with van der Waals surface area (Å²) < 4.78 is 3.73. The average molecular weight is 431 g/mol.